The van der Waals surface area contributed by atoms with Gasteiger partial charge in [0.1, 0.15) is 5.82 Å². The first-order valence-electron chi connectivity index (χ1n) is 9.71. The molecule has 0 aliphatic carbocycles. The highest BCUT2D eigenvalue weighted by Crippen LogP contribution is 2.24. The van der Waals surface area contributed by atoms with Gasteiger partial charge in [0.2, 0.25) is 17.8 Å². The molecule has 0 bridgehead atoms. The molecule has 1 heterocycles. The molecule has 7 nitrogen and oxygen atoms in total. The molecular formula is C22H26N6OS. The van der Waals surface area contributed by atoms with Gasteiger partial charge in [0.05, 0.1) is 11.5 Å². The topological polar surface area (TPSA) is 106 Å². The summed E-state index contributed by atoms with van der Waals surface area (Å²) in [6, 6.07) is 15.8. The molecule has 1 amide bonds. The normalized spacial score (nSPS) is 10.8. The third-order valence-corrected chi connectivity index (χ3v) is 5.26. The van der Waals surface area contributed by atoms with Crippen molar-refractivity contribution >= 4 is 40.9 Å². The highest BCUT2D eigenvalue weighted by Gasteiger charge is 2.11. The summed E-state index contributed by atoms with van der Waals surface area (Å²) in [5.74, 6) is 2.07. The van der Waals surface area contributed by atoms with E-state index in [2.05, 4.69) is 39.4 Å². The summed E-state index contributed by atoms with van der Waals surface area (Å²) in [6.07, 6.45) is 0. The Balaban J connectivity index is 1.56. The first-order chi connectivity index (χ1) is 14.4. The fraction of sp³-hybridized carbons (Fsp3) is 0.273. The number of aryl methyl sites for hydroxylation is 1. The number of nitrogens with one attached hydrogen (secondary N) is 2. The molecule has 0 atom stereocenters. The second kappa shape index (κ2) is 10.1. The number of carbonyl (C=O) groups excluding carboxylic acids is 1. The Labute approximate surface area is 180 Å². The Bertz CT molecular complexity index is 1010. The van der Waals surface area contributed by atoms with E-state index in [1.165, 1.54) is 17.3 Å². The van der Waals surface area contributed by atoms with Crippen LogP contribution in [0.1, 0.15) is 36.7 Å². The molecule has 0 aliphatic heterocycles. The van der Waals surface area contributed by atoms with Crippen LogP contribution < -0.4 is 16.4 Å². The Hall–Kier alpha value is -3.13. The molecule has 3 aromatic rings. The van der Waals surface area contributed by atoms with Crippen LogP contribution in [0.25, 0.3) is 0 Å². The van der Waals surface area contributed by atoms with E-state index in [-0.39, 0.29) is 11.9 Å². The van der Waals surface area contributed by atoms with Crippen molar-refractivity contribution in [3.8, 4) is 0 Å². The molecule has 0 fully saturated rings. The van der Waals surface area contributed by atoms with E-state index in [1.807, 2.05) is 55.5 Å². The largest absolute Gasteiger partial charge is 0.368 e. The maximum Gasteiger partial charge on any atom is 0.234 e. The summed E-state index contributed by atoms with van der Waals surface area (Å²) in [4.78, 5) is 25.1. The second-order valence-electron chi connectivity index (χ2n) is 7.21. The number of anilines is 4. The quantitative estimate of drug-likeness (QED) is 0.491. The lowest BCUT2D eigenvalue weighted by molar-refractivity contribution is -0.113. The maximum absolute atomic E-state index is 12.4. The van der Waals surface area contributed by atoms with Crippen LogP contribution in [0, 0.1) is 6.92 Å². The molecule has 3 rings (SSSR count). The molecule has 2 aromatic carbocycles. The Morgan fingerprint density at radius 3 is 2.53 bits per heavy atom. The smallest absolute Gasteiger partial charge is 0.234 e. The van der Waals surface area contributed by atoms with Crippen molar-refractivity contribution in [2.45, 2.75) is 32.4 Å². The minimum atomic E-state index is -0.0619. The van der Waals surface area contributed by atoms with Crippen LogP contribution in [0.4, 0.5) is 23.3 Å². The van der Waals surface area contributed by atoms with E-state index in [9.17, 15) is 4.79 Å². The van der Waals surface area contributed by atoms with Crippen LogP contribution in [-0.2, 0) is 10.5 Å². The number of thioether (sulfide) groups is 1. The lowest BCUT2D eigenvalue weighted by atomic mass is 10.0. The number of nitrogens with zero attached hydrogens (tertiary/aromatic N) is 3. The first kappa shape index (κ1) is 21.6. The molecule has 0 radical (unpaired) electrons. The molecule has 0 spiro atoms. The zero-order valence-corrected chi connectivity index (χ0v) is 18.2. The monoisotopic (exact) mass is 422 g/mol. The van der Waals surface area contributed by atoms with Gasteiger partial charge in [0, 0.05) is 11.4 Å². The first-order valence-corrected chi connectivity index (χ1v) is 10.9. The van der Waals surface area contributed by atoms with E-state index < -0.39 is 0 Å². The number of benzene rings is 2. The van der Waals surface area contributed by atoms with Crippen molar-refractivity contribution < 1.29 is 4.79 Å². The summed E-state index contributed by atoms with van der Waals surface area (Å²) in [6.45, 7) is 6.23. The molecule has 30 heavy (non-hydrogen) atoms. The van der Waals surface area contributed by atoms with Crippen LogP contribution in [0.5, 0.6) is 0 Å². The molecule has 0 unspecified atom stereocenters. The van der Waals surface area contributed by atoms with Gasteiger partial charge in [0.25, 0.3) is 0 Å². The Kier molecular flexibility index (Phi) is 7.24. The third-order valence-electron chi connectivity index (χ3n) is 4.33. The van der Waals surface area contributed by atoms with Crippen LogP contribution in [0.3, 0.4) is 0 Å². The number of carbonyl (C=O) groups is 1. The van der Waals surface area contributed by atoms with E-state index in [0.717, 1.165) is 16.9 Å². The van der Waals surface area contributed by atoms with Gasteiger partial charge >= 0.3 is 0 Å². The molecule has 4 N–H and O–H groups in total. The minimum absolute atomic E-state index is 0.0619. The van der Waals surface area contributed by atoms with Gasteiger partial charge in [-0.1, -0.05) is 49.7 Å². The number of nitrogen functional groups attached to an aromatic ring is 1. The maximum atomic E-state index is 12.4. The zero-order chi connectivity index (χ0) is 21.5. The molecule has 0 saturated carbocycles. The number of hydrogen-bond donors (Lipinski definition) is 3. The Morgan fingerprint density at radius 2 is 1.80 bits per heavy atom. The van der Waals surface area contributed by atoms with Gasteiger partial charge < -0.3 is 16.4 Å². The van der Waals surface area contributed by atoms with Crippen molar-refractivity contribution in [3.05, 3.63) is 65.5 Å². The number of nitrogens with two attached hydrogens (primary N) is 1. The zero-order valence-electron chi connectivity index (χ0n) is 17.3. The van der Waals surface area contributed by atoms with Gasteiger partial charge in [-0.3, -0.25) is 4.79 Å². The van der Waals surface area contributed by atoms with Gasteiger partial charge in [0.15, 0.2) is 0 Å². The molecule has 156 valence electrons. The summed E-state index contributed by atoms with van der Waals surface area (Å²) in [5, 5.41) is 6.12. The van der Waals surface area contributed by atoms with Crippen LogP contribution in [-0.4, -0.2) is 26.6 Å². The van der Waals surface area contributed by atoms with E-state index >= 15 is 0 Å². The summed E-state index contributed by atoms with van der Waals surface area (Å²) >= 11 is 1.43. The van der Waals surface area contributed by atoms with Gasteiger partial charge in [-0.05, 0) is 36.6 Å². The van der Waals surface area contributed by atoms with Crippen LogP contribution >= 0.6 is 11.8 Å². The predicted molar refractivity (Wildman–Crippen MR) is 124 cm³/mol. The average molecular weight is 423 g/mol. The van der Waals surface area contributed by atoms with Crippen molar-refractivity contribution in [1.82, 2.24) is 15.0 Å². The fourth-order valence-corrected chi connectivity index (χ4v) is 3.53. The van der Waals surface area contributed by atoms with Crippen molar-refractivity contribution in [1.29, 1.82) is 0 Å². The number of para-hydroxylation sites is 1. The Morgan fingerprint density at radius 1 is 1.07 bits per heavy atom. The summed E-state index contributed by atoms with van der Waals surface area (Å²) in [5.41, 5.74) is 9.83. The lowest BCUT2D eigenvalue weighted by Crippen LogP contribution is -2.16. The predicted octanol–water partition coefficient (Wildman–Crippen LogP) is 4.50. The van der Waals surface area contributed by atoms with Crippen LogP contribution in [0.15, 0.2) is 48.5 Å². The highest BCUT2D eigenvalue weighted by atomic mass is 32.2. The molecule has 0 saturated heterocycles. The van der Waals surface area contributed by atoms with E-state index in [4.69, 9.17) is 5.73 Å². The van der Waals surface area contributed by atoms with Crippen molar-refractivity contribution in [2.75, 3.05) is 22.1 Å². The van der Waals surface area contributed by atoms with Crippen molar-refractivity contribution in [3.63, 3.8) is 0 Å². The highest BCUT2D eigenvalue weighted by molar-refractivity contribution is 7.99. The van der Waals surface area contributed by atoms with E-state index in [0.29, 0.717) is 29.2 Å². The number of amides is 1. The molecular weight excluding hydrogens is 396 g/mol. The standard InChI is InChI=1S/C22H26N6OS/c1-14(2)17-6-4-5-7-18(17)25-20(29)13-30-12-19-26-21(23)28-22(27-19)24-16-10-8-15(3)9-11-16/h4-11,14H,12-13H2,1-3H3,(H,25,29)(H3,23,24,26,27,28). The summed E-state index contributed by atoms with van der Waals surface area (Å²) < 4.78 is 0. The van der Waals surface area contributed by atoms with Gasteiger partial charge in [-0.2, -0.15) is 15.0 Å². The van der Waals surface area contributed by atoms with Crippen LogP contribution in [0.2, 0.25) is 0 Å². The molecule has 1 aromatic heterocycles. The summed E-state index contributed by atoms with van der Waals surface area (Å²) in [7, 11) is 0. The average Bonchev–Trinajstić information content (AvgIpc) is 2.69. The molecule has 0 aliphatic rings. The number of aromatic nitrogens is 3. The van der Waals surface area contributed by atoms with E-state index in [1.54, 1.807) is 0 Å². The number of hydrogen-bond acceptors (Lipinski definition) is 7. The van der Waals surface area contributed by atoms with Gasteiger partial charge in [-0.25, -0.2) is 0 Å². The fourth-order valence-electron chi connectivity index (χ4n) is 2.86. The minimum Gasteiger partial charge on any atom is -0.368 e. The SMILES string of the molecule is Cc1ccc(Nc2nc(N)nc(CSCC(=O)Nc3ccccc3C(C)C)n2)cc1. The number of rotatable bonds is 8. The lowest BCUT2D eigenvalue weighted by Gasteiger charge is -2.13. The second-order valence-corrected chi connectivity index (χ2v) is 8.19. The van der Waals surface area contributed by atoms with Gasteiger partial charge in [-0.15, -0.1) is 11.8 Å². The third kappa shape index (κ3) is 6.18. The van der Waals surface area contributed by atoms with Crippen molar-refractivity contribution in [2.24, 2.45) is 0 Å². The molecule has 8 heteroatoms.